The molecule has 1 N–H and O–H groups in total. The van der Waals surface area contributed by atoms with Gasteiger partial charge in [0.2, 0.25) is 0 Å². The quantitative estimate of drug-likeness (QED) is 0.871. The Balaban J connectivity index is 0.000000722. The normalized spacial score (nSPS) is 28.6. The molecular formula is C11H15Cl3N2O. The molecule has 1 aliphatic carbocycles. The van der Waals surface area contributed by atoms with Crippen LogP contribution in [0.15, 0.2) is 18.3 Å². The van der Waals surface area contributed by atoms with Gasteiger partial charge >= 0.3 is 0 Å². The first kappa shape index (κ1) is 14.8. The Morgan fingerprint density at radius 1 is 1.35 bits per heavy atom. The lowest BCUT2D eigenvalue weighted by Crippen LogP contribution is -2.31. The summed E-state index contributed by atoms with van der Waals surface area (Å²) < 4.78 is 5.63. The second kappa shape index (κ2) is 6.10. The molecule has 0 aromatic carbocycles. The van der Waals surface area contributed by atoms with Crippen molar-refractivity contribution in [2.24, 2.45) is 5.92 Å². The number of pyridine rings is 1. The van der Waals surface area contributed by atoms with E-state index in [1.807, 2.05) is 6.07 Å². The fourth-order valence-corrected chi connectivity index (χ4v) is 2.32. The molecule has 96 valence electrons. The number of fused-ring (bicyclic) bond motifs is 1. The highest BCUT2D eigenvalue weighted by Gasteiger charge is 2.45. The highest BCUT2D eigenvalue weighted by atomic mass is 35.5. The van der Waals surface area contributed by atoms with Crippen LogP contribution in [0.1, 0.15) is 12.8 Å². The van der Waals surface area contributed by atoms with Gasteiger partial charge in [-0.15, -0.1) is 24.8 Å². The maximum absolute atomic E-state index is 5.68. The van der Waals surface area contributed by atoms with E-state index in [-0.39, 0.29) is 24.8 Å². The van der Waals surface area contributed by atoms with E-state index in [0.29, 0.717) is 11.2 Å². The molecular weight excluding hydrogens is 282 g/mol. The molecule has 3 atom stereocenters. The van der Waals surface area contributed by atoms with Crippen molar-refractivity contribution >= 4 is 36.4 Å². The molecule has 3 nitrogen and oxygen atoms in total. The maximum Gasteiger partial charge on any atom is 0.137 e. The summed E-state index contributed by atoms with van der Waals surface area (Å²) in [6.45, 7) is 0.732. The average Bonchev–Trinajstić information content (AvgIpc) is 2.86. The molecule has 1 saturated heterocycles. The van der Waals surface area contributed by atoms with Crippen LogP contribution in [0.3, 0.4) is 0 Å². The van der Waals surface area contributed by atoms with E-state index < -0.39 is 0 Å². The second-order valence-corrected chi connectivity index (χ2v) is 4.72. The Hall–Kier alpha value is -0.220. The number of rotatable bonds is 3. The summed E-state index contributed by atoms with van der Waals surface area (Å²) in [4.78, 5) is 3.97. The van der Waals surface area contributed by atoms with Gasteiger partial charge < -0.3 is 10.1 Å². The Morgan fingerprint density at radius 2 is 2.18 bits per heavy atom. The molecule has 1 aromatic rings. The summed E-state index contributed by atoms with van der Waals surface area (Å²) in [5, 5.41) is 4.04. The summed E-state index contributed by atoms with van der Waals surface area (Å²) in [6.07, 6.45) is 4.28. The second-order valence-electron chi connectivity index (χ2n) is 4.33. The lowest BCUT2D eigenvalue weighted by molar-refractivity contribution is 0.267. The third-order valence-corrected chi connectivity index (χ3v) is 3.33. The van der Waals surface area contributed by atoms with E-state index in [1.165, 1.54) is 12.8 Å². The fourth-order valence-electron chi connectivity index (χ4n) is 2.21. The predicted octanol–water partition coefficient (Wildman–Crippen LogP) is 2.71. The predicted molar refractivity (Wildman–Crippen MR) is 72.7 cm³/mol. The fraction of sp³-hybridized carbons (Fsp3) is 0.545. The van der Waals surface area contributed by atoms with Gasteiger partial charge in [-0.25, -0.2) is 4.98 Å². The standard InChI is InChI=1S/C11H13ClN2O.2ClH/c12-11-2-1-9(5-13-11)15-6-8-3-7-4-10(7)14-8;;/h1-2,5,7-8,10,14H,3-4,6H2;2*1H. The maximum atomic E-state index is 5.68. The lowest BCUT2D eigenvalue weighted by atomic mass is 10.2. The van der Waals surface area contributed by atoms with E-state index in [1.54, 1.807) is 12.3 Å². The third kappa shape index (κ3) is 3.62. The van der Waals surface area contributed by atoms with Crippen LogP contribution in [0.4, 0.5) is 0 Å². The van der Waals surface area contributed by atoms with Crippen molar-refractivity contribution in [3.63, 3.8) is 0 Å². The lowest BCUT2D eigenvalue weighted by Gasteiger charge is -2.13. The number of aromatic nitrogens is 1. The van der Waals surface area contributed by atoms with Crippen LogP contribution in [-0.4, -0.2) is 23.7 Å². The zero-order valence-corrected chi connectivity index (χ0v) is 11.5. The molecule has 0 bridgehead atoms. The molecule has 1 saturated carbocycles. The summed E-state index contributed by atoms with van der Waals surface area (Å²) in [6, 6.07) is 4.90. The molecule has 6 heteroatoms. The van der Waals surface area contributed by atoms with Crippen LogP contribution in [0.25, 0.3) is 0 Å². The minimum atomic E-state index is 0. The molecule has 0 radical (unpaired) electrons. The van der Waals surface area contributed by atoms with Crippen molar-refractivity contribution < 1.29 is 4.74 Å². The van der Waals surface area contributed by atoms with E-state index in [9.17, 15) is 0 Å². The number of piperidine rings is 1. The molecule has 17 heavy (non-hydrogen) atoms. The minimum absolute atomic E-state index is 0. The van der Waals surface area contributed by atoms with Crippen LogP contribution < -0.4 is 10.1 Å². The molecule has 1 aliphatic heterocycles. The van der Waals surface area contributed by atoms with Gasteiger partial charge in [-0.3, -0.25) is 0 Å². The van der Waals surface area contributed by atoms with Gasteiger partial charge in [-0.05, 0) is 30.9 Å². The molecule has 3 rings (SSSR count). The van der Waals surface area contributed by atoms with Crippen LogP contribution in [0, 0.1) is 5.92 Å². The molecule has 0 spiro atoms. The first-order chi connectivity index (χ1) is 7.31. The SMILES string of the molecule is Cl.Cl.Clc1ccc(OCC2CC3CC3N2)cn1. The van der Waals surface area contributed by atoms with Gasteiger partial charge in [0, 0.05) is 12.1 Å². The van der Waals surface area contributed by atoms with Gasteiger partial charge in [-0.2, -0.15) is 0 Å². The Kier molecular flexibility index (Phi) is 5.32. The third-order valence-electron chi connectivity index (χ3n) is 3.11. The zero-order chi connectivity index (χ0) is 10.3. The topological polar surface area (TPSA) is 34.1 Å². The number of hydrogen-bond acceptors (Lipinski definition) is 3. The largest absolute Gasteiger partial charge is 0.490 e. The van der Waals surface area contributed by atoms with Crippen molar-refractivity contribution in [3.8, 4) is 5.75 Å². The van der Waals surface area contributed by atoms with Crippen molar-refractivity contribution in [1.29, 1.82) is 0 Å². The number of nitrogens with one attached hydrogen (secondary N) is 1. The highest BCUT2D eigenvalue weighted by molar-refractivity contribution is 6.29. The van der Waals surface area contributed by atoms with Crippen molar-refractivity contribution in [2.45, 2.75) is 24.9 Å². The summed E-state index contributed by atoms with van der Waals surface area (Å²) >= 11 is 5.68. The molecule has 0 amide bonds. The number of nitrogens with zero attached hydrogens (tertiary/aromatic N) is 1. The number of ether oxygens (including phenoxy) is 1. The molecule has 3 unspecified atom stereocenters. The Labute approximate surface area is 118 Å². The van der Waals surface area contributed by atoms with Crippen LogP contribution in [0.2, 0.25) is 5.15 Å². The van der Waals surface area contributed by atoms with E-state index >= 15 is 0 Å². The van der Waals surface area contributed by atoms with E-state index in [0.717, 1.165) is 24.3 Å². The first-order valence-corrected chi connectivity index (χ1v) is 5.69. The van der Waals surface area contributed by atoms with E-state index in [2.05, 4.69) is 10.3 Å². The van der Waals surface area contributed by atoms with Gasteiger partial charge in [-0.1, -0.05) is 11.6 Å². The highest BCUT2D eigenvalue weighted by Crippen LogP contribution is 2.40. The van der Waals surface area contributed by atoms with Crippen molar-refractivity contribution in [1.82, 2.24) is 10.3 Å². The Bertz CT molecular complexity index is 350. The van der Waals surface area contributed by atoms with Gasteiger partial charge in [0.05, 0.1) is 6.20 Å². The molecule has 1 aromatic heterocycles. The van der Waals surface area contributed by atoms with Crippen molar-refractivity contribution in [3.05, 3.63) is 23.5 Å². The van der Waals surface area contributed by atoms with E-state index in [4.69, 9.17) is 16.3 Å². The number of hydrogen-bond donors (Lipinski definition) is 1. The van der Waals surface area contributed by atoms with Crippen LogP contribution in [-0.2, 0) is 0 Å². The number of halogens is 3. The summed E-state index contributed by atoms with van der Waals surface area (Å²) in [5.74, 6) is 1.71. The minimum Gasteiger partial charge on any atom is -0.490 e. The van der Waals surface area contributed by atoms with Crippen LogP contribution in [0.5, 0.6) is 5.75 Å². The molecule has 2 aliphatic rings. The van der Waals surface area contributed by atoms with Crippen LogP contribution >= 0.6 is 36.4 Å². The first-order valence-electron chi connectivity index (χ1n) is 5.31. The smallest absolute Gasteiger partial charge is 0.137 e. The van der Waals surface area contributed by atoms with Gasteiger partial charge in [0.25, 0.3) is 0 Å². The average molecular weight is 298 g/mol. The van der Waals surface area contributed by atoms with Gasteiger partial charge in [0.15, 0.2) is 0 Å². The van der Waals surface area contributed by atoms with Crippen molar-refractivity contribution in [2.75, 3.05) is 6.61 Å². The summed E-state index contributed by atoms with van der Waals surface area (Å²) in [5.41, 5.74) is 0. The summed E-state index contributed by atoms with van der Waals surface area (Å²) in [7, 11) is 0. The monoisotopic (exact) mass is 296 g/mol. The molecule has 2 heterocycles. The Morgan fingerprint density at radius 3 is 2.76 bits per heavy atom. The van der Waals surface area contributed by atoms with Gasteiger partial charge in [0.1, 0.15) is 17.5 Å². The zero-order valence-electron chi connectivity index (χ0n) is 9.14. The molecule has 2 fully saturated rings.